The molecule has 1 N–H and O–H groups in total. The van der Waals surface area contributed by atoms with Crippen molar-refractivity contribution in [2.24, 2.45) is 5.92 Å². The van der Waals surface area contributed by atoms with Gasteiger partial charge in [-0.1, -0.05) is 38.1 Å². The van der Waals surface area contributed by atoms with E-state index < -0.39 is 0 Å². The smallest absolute Gasteiger partial charge is 0.0726 e. The minimum atomic E-state index is 0.377. The summed E-state index contributed by atoms with van der Waals surface area (Å²) in [6.45, 7) is 9.93. The Labute approximate surface area is 123 Å². The zero-order valence-corrected chi connectivity index (χ0v) is 13.4. The van der Waals surface area contributed by atoms with Crippen molar-refractivity contribution in [2.75, 3.05) is 6.61 Å². The summed E-state index contributed by atoms with van der Waals surface area (Å²) in [5, 5.41) is 3.67. The summed E-state index contributed by atoms with van der Waals surface area (Å²) in [6, 6.07) is 9.86. The topological polar surface area (TPSA) is 21.3 Å². The number of hydrogen-bond donors (Lipinski definition) is 1. The van der Waals surface area contributed by atoms with Crippen molar-refractivity contribution in [2.45, 2.75) is 65.1 Å². The maximum atomic E-state index is 5.75. The summed E-state index contributed by atoms with van der Waals surface area (Å²) in [5.74, 6) is 0.718. The van der Waals surface area contributed by atoms with Gasteiger partial charge >= 0.3 is 0 Å². The lowest BCUT2D eigenvalue weighted by Gasteiger charge is -2.25. The summed E-state index contributed by atoms with van der Waals surface area (Å²) in [5.41, 5.74) is 2.80. The van der Waals surface area contributed by atoms with Crippen LogP contribution in [0.5, 0.6) is 0 Å². The molecule has 112 valence electrons. The van der Waals surface area contributed by atoms with Crippen LogP contribution in [0.15, 0.2) is 24.3 Å². The Bertz CT molecular complexity index is 392. The van der Waals surface area contributed by atoms with Crippen LogP contribution in [-0.4, -0.2) is 18.8 Å². The van der Waals surface area contributed by atoms with E-state index in [0.29, 0.717) is 18.2 Å². The average Bonchev–Trinajstić information content (AvgIpc) is 2.92. The zero-order chi connectivity index (χ0) is 14.5. The van der Waals surface area contributed by atoms with Gasteiger partial charge in [0.25, 0.3) is 0 Å². The molecule has 3 unspecified atom stereocenters. The summed E-state index contributed by atoms with van der Waals surface area (Å²) < 4.78 is 5.75. The number of nitrogens with one attached hydrogen (secondary N) is 1. The Morgan fingerprint density at radius 2 is 1.85 bits per heavy atom. The molecule has 1 aliphatic rings. The van der Waals surface area contributed by atoms with E-state index in [1.807, 2.05) is 0 Å². The third kappa shape index (κ3) is 4.32. The molecular weight excluding hydrogens is 246 g/mol. The molecule has 1 aliphatic heterocycles. The fourth-order valence-corrected chi connectivity index (χ4v) is 3.01. The number of benzene rings is 1. The Morgan fingerprint density at radius 3 is 2.40 bits per heavy atom. The molecule has 3 atom stereocenters. The molecule has 1 fully saturated rings. The van der Waals surface area contributed by atoms with E-state index in [2.05, 4.69) is 57.3 Å². The second-order valence-corrected chi connectivity index (χ2v) is 6.57. The van der Waals surface area contributed by atoms with Crippen molar-refractivity contribution in [3.63, 3.8) is 0 Å². The third-order valence-electron chi connectivity index (χ3n) is 4.16. The van der Waals surface area contributed by atoms with Crippen molar-refractivity contribution in [3.05, 3.63) is 35.4 Å². The van der Waals surface area contributed by atoms with Gasteiger partial charge in [-0.25, -0.2) is 0 Å². The molecule has 0 aliphatic carbocycles. The van der Waals surface area contributed by atoms with Gasteiger partial charge in [0.15, 0.2) is 0 Å². The highest BCUT2D eigenvalue weighted by molar-refractivity contribution is 5.25. The number of rotatable bonds is 6. The quantitative estimate of drug-likeness (QED) is 0.844. The van der Waals surface area contributed by atoms with Crippen LogP contribution < -0.4 is 5.32 Å². The highest BCUT2D eigenvalue weighted by atomic mass is 16.5. The summed E-state index contributed by atoms with van der Waals surface area (Å²) >= 11 is 0. The van der Waals surface area contributed by atoms with Crippen molar-refractivity contribution in [1.82, 2.24) is 5.32 Å². The van der Waals surface area contributed by atoms with Gasteiger partial charge < -0.3 is 10.1 Å². The predicted octanol–water partition coefficient (Wildman–Crippen LogP) is 4.10. The molecule has 0 saturated carbocycles. The van der Waals surface area contributed by atoms with Crippen LogP contribution in [0.3, 0.4) is 0 Å². The summed E-state index contributed by atoms with van der Waals surface area (Å²) in [7, 11) is 0. The summed E-state index contributed by atoms with van der Waals surface area (Å²) in [4.78, 5) is 0. The second-order valence-electron chi connectivity index (χ2n) is 6.57. The molecule has 0 amide bonds. The monoisotopic (exact) mass is 275 g/mol. The fraction of sp³-hybridized carbons (Fsp3) is 0.667. The van der Waals surface area contributed by atoms with E-state index in [0.717, 1.165) is 18.9 Å². The second kappa shape index (κ2) is 7.24. The largest absolute Gasteiger partial charge is 0.377 e. The van der Waals surface area contributed by atoms with Crippen LogP contribution in [-0.2, 0) is 11.2 Å². The first kappa shape index (κ1) is 15.5. The standard InChI is InChI=1S/C18H29NO/c1-13(2)12-16-7-9-17(10-8-16)14(3)19-15(4)18-6-5-11-20-18/h7-10,13-15,18-19H,5-6,11-12H2,1-4H3. The molecule has 1 saturated heterocycles. The molecule has 1 aromatic rings. The van der Waals surface area contributed by atoms with Crippen LogP contribution in [0.2, 0.25) is 0 Å². The average molecular weight is 275 g/mol. The van der Waals surface area contributed by atoms with E-state index in [4.69, 9.17) is 4.74 Å². The van der Waals surface area contributed by atoms with Crippen molar-refractivity contribution >= 4 is 0 Å². The highest BCUT2D eigenvalue weighted by Gasteiger charge is 2.23. The molecule has 0 radical (unpaired) electrons. The Morgan fingerprint density at radius 1 is 1.15 bits per heavy atom. The number of ether oxygens (including phenoxy) is 1. The first-order chi connectivity index (χ1) is 9.56. The van der Waals surface area contributed by atoms with Gasteiger partial charge in [0.2, 0.25) is 0 Å². The van der Waals surface area contributed by atoms with Gasteiger partial charge in [0, 0.05) is 18.7 Å². The van der Waals surface area contributed by atoms with E-state index >= 15 is 0 Å². The minimum Gasteiger partial charge on any atom is -0.377 e. The highest BCUT2D eigenvalue weighted by Crippen LogP contribution is 2.20. The molecule has 2 rings (SSSR count). The molecule has 2 heteroatoms. The molecule has 1 heterocycles. The van der Waals surface area contributed by atoms with E-state index in [1.54, 1.807) is 0 Å². The summed E-state index contributed by atoms with van der Waals surface area (Å²) in [6.07, 6.45) is 3.94. The van der Waals surface area contributed by atoms with Gasteiger partial charge in [-0.3, -0.25) is 0 Å². The third-order valence-corrected chi connectivity index (χ3v) is 4.16. The molecule has 20 heavy (non-hydrogen) atoms. The van der Waals surface area contributed by atoms with E-state index in [1.165, 1.54) is 24.0 Å². The Kier molecular flexibility index (Phi) is 5.62. The lowest BCUT2D eigenvalue weighted by atomic mass is 9.99. The van der Waals surface area contributed by atoms with Crippen LogP contribution in [0, 0.1) is 5.92 Å². The number of hydrogen-bond acceptors (Lipinski definition) is 2. The van der Waals surface area contributed by atoms with E-state index in [-0.39, 0.29) is 0 Å². The van der Waals surface area contributed by atoms with Crippen LogP contribution >= 0.6 is 0 Å². The minimum absolute atomic E-state index is 0.377. The lowest BCUT2D eigenvalue weighted by Crippen LogP contribution is -2.38. The molecule has 2 nitrogen and oxygen atoms in total. The van der Waals surface area contributed by atoms with Crippen molar-refractivity contribution in [3.8, 4) is 0 Å². The molecular formula is C18H29NO. The van der Waals surface area contributed by atoms with Crippen LogP contribution in [0.4, 0.5) is 0 Å². The fourth-order valence-electron chi connectivity index (χ4n) is 3.01. The van der Waals surface area contributed by atoms with Gasteiger partial charge in [0.05, 0.1) is 6.10 Å². The normalized spacial score (nSPS) is 22.1. The lowest BCUT2D eigenvalue weighted by molar-refractivity contribution is 0.0804. The Balaban J connectivity index is 1.89. The van der Waals surface area contributed by atoms with E-state index in [9.17, 15) is 0 Å². The van der Waals surface area contributed by atoms with Gasteiger partial charge in [0.1, 0.15) is 0 Å². The molecule has 1 aromatic carbocycles. The van der Waals surface area contributed by atoms with Crippen molar-refractivity contribution < 1.29 is 4.74 Å². The maximum absolute atomic E-state index is 5.75. The molecule has 0 spiro atoms. The predicted molar refractivity (Wildman–Crippen MR) is 85.0 cm³/mol. The van der Waals surface area contributed by atoms with Gasteiger partial charge in [-0.2, -0.15) is 0 Å². The zero-order valence-electron chi connectivity index (χ0n) is 13.4. The Hall–Kier alpha value is -0.860. The SMILES string of the molecule is CC(C)Cc1ccc(C(C)NC(C)C2CCCO2)cc1. The first-order valence-corrected chi connectivity index (χ1v) is 8.02. The molecule has 0 aromatic heterocycles. The van der Waals surface area contributed by atoms with Gasteiger partial charge in [-0.05, 0) is 50.2 Å². The first-order valence-electron chi connectivity index (χ1n) is 8.02. The van der Waals surface area contributed by atoms with Crippen molar-refractivity contribution in [1.29, 1.82) is 0 Å². The van der Waals surface area contributed by atoms with Crippen LogP contribution in [0.25, 0.3) is 0 Å². The molecule has 0 bridgehead atoms. The maximum Gasteiger partial charge on any atom is 0.0726 e. The van der Waals surface area contributed by atoms with Crippen LogP contribution in [0.1, 0.15) is 57.7 Å². The van der Waals surface area contributed by atoms with Gasteiger partial charge in [-0.15, -0.1) is 0 Å².